The van der Waals surface area contributed by atoms with Crippen LogP contribution in [0.3, 0.4) is 0 Å². The lowest BCUT2D eigenvalue weighted by atomic mass is 9.79. The van der Waals surface area contributed by atoms with Crippen molar-refractivity contribution in [2.45, 2.75) is 38.5 Å². The molecule has 1 aromatic rings. The van der Waals surface area contributed by atoms with Gasteiger partial charge in [0.15, 0.2) is 0 Å². The van der Waals surface area contributed by atoms with Crippen LogP contribution in [0.5, 0.6) is 5.75 Å². The van der Waals surface area contributed by atoms with E-state index in [1.807, 2.05) is 0 Å². The number of rotatable bonds is 5. The summed E-state index contributed by atoms with van der Waals surface area (Å²) in [5.74, 6) is -0.765. The van der Waals surface area contributed by atoms with E-state index in [1.54, 1.807) is 19.2 Å². The number of hydrogen-bond donors (Lipinski definition) is 2. The highest BCUT2D eigenvalue weighted by Crippen LogP contribution is 2.44. The summed E-state index contributed by atoms with van der Waals surface area (Å²) < 4.78 is 0. The SMILES string of the molecule is CN(C(=O)CC1(CC(=O)O)CCCC1)c1ccc(O)cc1. The number of phenolic OH excluding ortho intramolecular Hbond substituents is 1. The Hall–Kier alpha value is -2.04. The number of carboxylic acids is 1. The maximum Gasteiger partial charge on any atom is 0.303 e. The Labute approximate surface area is 124 Å². The van der Waals surface area contributed by atoms with Crippen LogP contribution in [0.15, 0.2) is 24.3 Å². The quantitative estimate of drug-likeness (QED) is 0.874. The lowest BCUT2D eigenvalue weighted by Gasteiger charge is -2.29. The Morgan fingerprint density at radius 3 is 2.24 bits per heavy atom. The second-order valence-corrected chi connectivity index (χ2v) is 5.92. The van der Waals surface area contributed by atoms with E-state index in [4.69, 9.17) is 5.11 Å². The molecule has 1 aliphatic rings. The molecule has 0 aromatic heterocycles. The molecule has 0 saturated heterocycles. The second kappa shape index (κ2) is 6.16. The fraction of sp³-hybridized carbons (Fsp3) is 0.500. The van der Waals surface area contributed by atoms with E-state index < -0.39 is 11.4 Å². The van der Waals surface area contributed by atoms with Gasteiger partial charge in [-0.25, -0.2) is 0 Å². The Kier molecular flexibility index (Phi) is 4.50. The number of benzene rings is 1. The summed E-state index contributed by atoms with van der Waals surface area (Å²) in [6.07, 6.45) is 3.90. The van der Waals surface area contributed by atoms with Gasteiger partial charge in [0.25, 0.3) is 0 Å². The third kappa shape index (κ3) is 3.74. The van der Waals surface area contributed by atoms with Crippen LogP contribution in [0.1, 0.15) is 38.5 Å². The molecule has 0 spiro atoms. The molecule has 5 nitrogen and oxygen atoms in total. The van der Waals surface area contributed by atoms with E-state index >= 15 is 0 Å². The number of anilines is 1. The molecule has 1 fully saturated rings. The zero-order chi connectivity index (χ0) is 15.5. The van der Waals surface area contributed by atoms with Crippen molar-refractivity contribution in [2.75, 3.05) is 11.9 Å². The Morgan fingerprint density at radius 2 is 1.71 bits per heavy atom. The molecule has 1 saturated carbocycles. The number of aliphatic carboxylic acids is 1. The first-order valence-electron chi connectivity index (χ1n) is 7.19. The van der Waals surface area contributed by atoms with E-state index in [1.165, 1.54) is 17.0 Å². The van der Waals surface area contributed by atoms with E-state index in [9.17, 15) is 14.7 Å². The predicted octanol–water partition coefficient (Wildman–Crippen LogP) is 2.78. The number of phenols is 1. The lowest BCUT2D eigenvalue weighted by Crippen LogP contribution is -2.33. The number of nitrogens with zero attached hydrogens (tertiary/aromatic N) is 1. The van der Waals surface area contributed by atoms with Gasteiger partial charge in [-0.05, 0) is 42.5 Å². The Balaban J connectivity index is 2.08. The molecular weight excluding hydrogens is 270 g/mol. The summed E-state index contributed by atoms with van der Waals surface area (Å²) in [6, 6.07) is 6.40. The topological polar surface area (TPSA) is 77.8 Å². The normalized spacial score (nSPS) is 16.6. The maximum absolute atomic E-state index is 12.4. The van der Waals surface area contributed by atoms with Gasteiger partial charge >= 0.3 is 5.97 Å². The summed E-state index contributed by atoms with van der Waals surface area (Å²) in [5, 5.41) is 18.4. The van der Waals surface area contributed by atoms with Gasteiger partial charge in [-0.15, -0.1) is 0 Å². The fourth-order valence-corrected chi connectivity index (χ4v) is 3.12. The van der Waals surface area contributed by atoms with Crippen LogP contribution in [0.4, 0.5) is 5.69 Å². The summed E-state index contributed by atoms with van der Waals surface area (Å²) in [6.45, 7) is 0. The smallest absolute Gasteiger partial charge is 0.303 e. The van der Waals surface area contributed by atoms with Crippen LogP contribution in [0.2, 0.25) is 0 Å². The van der Waals surface area contributed by atoms with E-state index in [0.29, 0.717) is 5.69 Å². The first-order valence-corrected chi connectivity index (χ1v) is 7.19. The van der Waals surface area contributed by atoms with Gasteiger partial charge in [-0.2, -0.15) is 0 Å². The zero-order valence-corrected chi connectivity index (χ0v) is 12.2. The number of carboxylic acid groups (broad SMARTS) is 1. The molecule has 114 valence electrons. The van der Waals surface area contributed by atoms with Gasteiger partial charge < -0.3 is 15.1 Å². The molecule has 1 aliphatic carbocycles. The molecule has 0 unspecified atom stereocenters. The van der Waals surface area contributed by atoms with E-state index in [2.05, 4.69) is 0 Å². The van der Waals surface area contributed by atoms with Crippen molar-refractivity contribution < 1.29 is 19.8 Å². The van der Waals surface area contributed by atoms with Crippen LogP contribution in [-0.2, 0) is 9.59 Å². The summed E-state index contributed by atoms with van der Waals surface area (Å²) in [5.41, 5.74) is 0.301. The fourth-order valence-electron chi connectivity index (χ4n) is 3.12. The minimum atomic E-state index is -0.836. The molecule has 0 atom stereocenters. The van der Waals surface area contributed by atoms with Crippen molar-refractivity contribution in [1.82, 2.24) is 0 Å². The highest BCUT2D eigenvalue weighted by atomic mass is 16.4. The van der Waals surface area contributed by atoms with Crippen molar-refractivity contribution in [1.29, 1.82) is 0 Å². The van der Waals surface area contributed by atoms with E-state index in [-0.39, 0.29) is 24.5 Å². The Bertz CT molecular complexity index is 518. The van der Waals surface area contributed by atoms with Crippen LogP contribution in [0.25, 0.3) is 0 Å². The van der Waals surface area contributed by atoms with Crippen LogP contribution in [-0.4, -0.2) is 29.1 Å². The van der Waals surface area contributed by atoms with Crippen LogP contribution < -0.4 is 4.90 Å². The van der Waals surface area contributed by atoms with Crippen LogP contribution in [0, 0.1) is 5.41 Å². The Morgan fingerprint density at radius 1 is 1.14 bits per heavy atom. The van der Waals surface area contributed by atoms with Gasteiger partial charge in [0, 0.05) is 19.2 Å². The minimum absolute atomic E-state index is 0.0577. The third-order valence-corrected chi connectivity index (χ3v) is 4.33. The minimum Gasteiger partial charge on any atom is -0.508 e. The highest BCUT2D eigenvalue weighted by molar-refractivity contribution is 5.93. The van der Waals surface area contributed by atoms with Gasteiger partial charge in [0.1, 0.15) is 5.75 Å². The van der Waals surface area contributed by atoms with Gasteiger partial charge in [0.05, 0.1) is 6.42 Å². The molecule has 0 heterocycles. The average Bonchev–Trinajstić information content (AvgIpc) is 2.86. The molecule has 2 rings (SSSR count). The number of aromatic hydroxyl groups is 1. The number of hydrogen-bond acceptors (Lipinski definition) is 3. The highest BCUT2D eigenvalue weighted by Gasteiger charge is 2.38. The number of amides is 1. The molecule has 1 aromatic carbocycles. The van der Waals surface area contributed by atoms with Crippen molar-refractivity contribution >= 4 is 17.6 Å². The monoisotopic (exact) mass is 291 g/mol. The van der Waals surface area contributed by atoms with Crippen molar-refractivity contribution in [3.8, 4) is 5.75 Å². The third-order valence-electron chi connectivity index (χ3n) is 4.33. The molecular formula is C16H21NO4. The molecule has 0 radical (unpaired) electrons. The molecule has 5 heteroatoms. The molecule has 21 heavy (non-hydrogen) atoms. The summed E-state index contributed by atoms with van der Waals surface area (Å²) >= 11 is 0. The van der Waals surface area contributed by atoms with Gasteiger partial charge in [0.2, 0.25) is 5.91 Å². The van der Waals surface area contributed by atoms with Gasteiger partial charge in [-0.1, -0.05) is 12.8 Å². The average molecular weight is 291 g/mol. The van der Waals surface area contributed by atoms with Gasteiger partial charge in [-0.3, -0.25) is 9.59 Å². The van der Waals surface area contributed by atoms with Crippen molar-refractivity contribution in [3.05, 3.63) is 24.3 Å². The molecule has 2 N–H and O–H groups in total. The summed E-state index contributed by atoms with van der Waals surface area (Å²) in [7, 11) is 1.68. The van der Waals surface area contributed by atoms with Crippen molar-refractivity contribution in [2.24, 2.45) is 5.41 Å². The number of carbonyl (C=O) groups excluding carboxylic acids is 1. The molecule has 0 aliphatic heterocycles. The zero-order valence-electron chi connectivity index (χ0n) is 12.2. The molecule has 0 bridgehead atoms. The standard InChI is InChI=1S/C16H21NO4/c1-17(12-4-6-13(18)7-5-12)14(19)10-16(11-15(20)21)8-2-3-9-16/h4-7,18H,2-3,8-11H2,1H3,(H,20,21). The second-order valence-electron chi connectivity index (χ2n) is 5.92. The maximum atomic E-state index is 12.4. The van der Waals surface area contributed by atoms with Crippen molar-refractivity contribution in [3.63, 3.8) is 0 Å². The molecule has 1 amide bonds. The largest absolute Gasteiger partial charge is 0.508 e. The summed E-state index contributed by atoms with van der Waals surface area (Å²) in [4.78, 5) is 25.0. The van der Waals surface area contributed by atoms with E-state index in [0.717, 1.165) is 25.7 Å². The first-order chi connectivity index (χ1) is 9.92. The predicted molar refractivity (Wildman–Crippen MR) is 79.3 cm³/mol. The lowest BCUT2D eigenvalue weighted by molar-refractivity contribution is -0.140. The van der Waals surface area contributed by atoms with Crippen LogP contribution >= 0.6 is 0 Å². The number of carbonyl (C=O) groups is 2. The first kappa shape index (κ1) is 15.4.